The van der Waals surface area contributed by atoms with Crippen LogP contribution in [0.5, 0.6) is 0 Å². The second-order valence-corrected chi connectivity index (χ2v) is 15.9. The number of esters is 1. The minimum absolute atomic E-state index is 0.00806. The number of para-hydroxylation sites is 1. The average Bonchev–Trinajstić information content (AvgIpc) is 3.03. The van der Waals surface area contributed by atoms with Crippen molar-refractivity contribution in [2.45, 2.75) is 65.4 Å². The van der Waals surface area contributed by atoms with E-state index in [0.717, 1.165) is 28.0 Å². The molecule has 0 bridgehead atoms. The predicted octanol–water partition coefficient (Wildman–Crippen LogP) is 4.99. The van der Waals surface area contributed by atoms with Gasteiger partial charge < -0.3 is 9.30 Å². The van der Waals surface area contributed by atoms with Crippen LogP contribution in [0.15, 0.2) is 41.2 Å². The number of carbonyl (C=O) groups excluding carboxylic acids is 1. The van der Waals surface area contributed by atoms with Crippen molar-refractivity contribution < 1.29 is 9.53 Å². The topological polar surface area (TPSA) is 61.2 Å². The Morgan fingerprint density at radius 2 is 1.85 bits per heavy atom. The lowest BCUT2D eigenvalue weighted by Crippen LogP contribution is -2.51. The summed E-state index contributed by atoms with van der Waals surface area (Å²) >= 11 is 0. The molecule has 0 radical (unpaired) electrons. The van der Waals surface area contributed by atoms with Gasteiger partial charge >= 0.3 is 5.97 Å². The zero-order valence-corrected chi connectivity index (χ0v) is 21.2. The Labute approximate surface area is 195 Å². The van der Waals surface area contributed by atoms with Crippen LogP contribution in [0.2, 0.25) is 18.1 Å². The fourth-order valence-corrected chi connectivity index (χ4v) is 7.62. The lowest BCUT2D eigenvalue weighted by atomic mass is 9.98. The number of cyclic esters (lactones) is 1. The molecule has 0 unspecified atom stereocenters. The quantitative estimate of drug-likeness (QED) is 0.314. The predicted molar refractivity (Wildman–Crippen MR) is 135 cm³/mol. The van der Waals surface area contributed by atoms with Crippen LogP contribution >= 0.6 is 0 Å². The summed E-state index contributed by atoms with van der Waals surface area (Å²) in [5.74, 6) is -0.391. The third-order valence-electron chi connectivity index (χ3n) is 7.83. The molecule has 0 fully saturated rings. The summed E-state index contributed by atoms with van der Waals surface area (Å²) in [5, 5.41) is 2.73. The maximum atomic E-state index is 13.7. The normalized spacial score (nSPS) is 15.5. The minimum atomic E-state index is -1.96. The molecule has 170 valence electrons. The third kappa shape index (κ3) is 3.15. The van der Waals surface area contributed by atoms with Gasteiger partial charge in [-0.25, -0.2) is 9.78 Å². The lowest BCUT2D eigenvalue weighted by molar-refractivity contribution is -0.138. The van der Waals surface area contributed by atoms with Crippen molar-refractivity contribution in [2.24, 2.45) is 0 Å². The zero-order chi connectivity index (χ0) is 23.7. The lowest BCUT2D eigenvalue weighted by Gasteiger charge is -2.39. The smallest absolute Gasteiger partial charge is 0.331 e. The molecule has 5 nitrogen and oxygen atoms in total. The molecule has 0 amide bonds. The van der Waals surface area contributed by atoms with E-state index in [1.807, 2.05) is 17.6 Å². The Kier molecular flexibility index (Phi) is 4.80. The van der Waals surface area contributed by atoms with E-state index >= 15 is 0 Å². The average molecular weight is 459 g/mol. The number of rotatable bonds is 2. The Morgan fingerprint density at radius 3 is 2.55 bits per heavy atom. The first kappa shape index (κ1) is 21.8. The van der Waals surface area contributed by atoms with Crippen molar-refractivity contribution in [3.05, 3.63) is 63.5 Å². The van der Waals surface area contributed by atoms with Gasteiger partial charge in [0.15, 0.2) is 0 Å². The SMILES string of the molecule is CCC1=CC(=O)OCc2c1cc1n(c2=O)Cc2c-1nc1ccccc1c2[Si](C)(C)C(C)(C)C. The molecule has 2 aliphatic rings. The van der Waals surface area contributed by atoms with Crippen molar-refractivity contribution in [2.75, 3.05) is 0 Å². The van der Waals surface area contributed by atoms with Gasteiger partial charge in [0, 0.05) is 6.08 Å². The molecule has 33 heavy (non-hydrogen) atoms. The number of benzene rings is 1. The van der Waals surface area contributed by atoms with Gasteiger partial charge in [-0.05, 0) is 50.9 Å². The first-order chi connectivity index (χ1) is 15.5. The molecule has 0 spiro atoms. The standard InChI is InChI=1S/C27H30N2O3Si/c1-7-16-12-23(30)32-15-20-18(16)13-22-24-19(14-29(22)26(20)31)25(33(5,6)27(2,3)4)17-10-8-9-11-21(17)28-24/h8-13H,7,14-15H2,1-6H3. The summed E-state index contributed by atoms with van der Waals surface area (Å²) in [5.41, 5.74) is 6.02. The molecule has 5 rings (SSSR count). The number of hydrogen-bond donors (Lipinski definition) is 0. The van der Waals surface area contributed by atoms with Crippen LogP contribution in [-0.2, 0) is 22.7 Å². The van der Waals surface area contributed by atoms with Gasteiger partial charge in [-0.15, -0.1) is 0 Å². The van der Waals surface area contributed by atoms with Gasteiger partial charge in [-0.2, -0.15) is 0 Å². The van der Waals surface area contributed by atoms with E-state index in [9.17, 15) is 9.59 Å². The van der Waals surface area contributed by atoms with Gasteiger partial charge in [0.25, 0.3) is 5.56 Å². The fourth-order valence-electron chi connectivity index (χ4n) is 5.03. The van der Waals surface area contributed by atoms with Gasteiger partial charge in [0.1, 0.15) is 6.61 Å². The molecule has 1 aromatic carbocycles. The molecule has 0 saturated carbocycles. The number of carbonyl (C=O) groups is 1. The molecule has 2 aliphatic heterocycles. The highest BCUT2D eigenvalue weighted by molar-refractivity contribution is 6.94. The molecule has 0 atom stereocenters. The van der Waals surface area contributed by atoms with Gasteiger partial charge in [0.05, 0.1) is 37.1 Å². The summed E-state index contributed by atoms with van der Waals surface area (Å²) in [6.07, 6.45) is 2.17. The van der Waals surface area contributed by atoms with E-state index in [2.05, 4.69) is 58.1 Å². The van der Waals surface area contributed by atoms with E-state index in [-0.39, 0.29) is 17.2 Å². The monoisotopic (exact) mass is 458 g/mol. The van der Waals surface area contributed by atoms with Crippen LogP contribution in [0.1, 0.15) is 50.8 Å². The van der Waals surface area contributed by atoms with E-state index in [1.165, 1.54) is 22.2 Å². The number of hydrogen-bond acceptors (Lipinski definition) is 4. The van der Waals surface area contributed by atoms with Gasteiger partial charge in [0.2, 0.25) is 0 Å². The van der Waals surface area contributed by atoms with Crippen LogP contribution in [0, 0.1) is 0 Å². The first-order valence-electron chi connectivity index (χ1n) is 11.6. The molecule has 0 aliphatic carbocycles. The summed E-state index contributed by atoms with van der Waals surface area (Å²) in [6, 6.07) is 10.4. The highest BCUT2D eigenvalue weighted by Crippen LogP contribution is 2.41. The Morgan fingerprint density at radius 1 is 1.12 bits per heavy atom. The molecular formula is C27H30N2O3Si. The van der Waals surface area contributed by atoms with E-state index in [4.69, 9.17) is 9.72 Å². The molecular weight excluding hydrogens is 428 g/mol. The second kappa shape index (κ2) is 7.25. The molecule has 6 heteroatoms. The van der Waals surface area contributed by atoms with Crippen LogP contribution in [0.3, 0.4) is 0 Å². The highest BCUT2D eigenvalue weighted by atomic mass is 28.3. The second-order valence-electron chi connectivity index (χ2n) is 10.7. The minimum Gasteiger partial charge on any atom is -0.457 e. The molecule has 0 N–H and O–H groups in total. The maximum Gasteiger partial charge on any atom is 0.331 e. The van der Waals surface area contributed by atoms with Crippen molar-refractivity contribution in [3.63, 3.8) is 0 Å². The summed E-state index contributed by atoms with van der Waals surface area (Å²) in [4.78, 5) is 30.8. The Bertz CT molecular complexity index is 1420. The highest BCUT2D eigenvalue weighted by Gasteiger charge is 2.42. The Balaban J connectivity index is 1.86. The Hall–Kier alpha value is -2.99. The molecule has 3 aromatic rings. The van der Waals surface area contributed by atoms with Crippen molar-refractivity contribution in [1.82, 2.24) is 9.55 Å². The van der Waals surface area contributed by atoms with Crippen molar-refractivity contribution in [3.8, 4) is 11.4 Å². The number of allylic oxidation sites excluding steroid dienone is 1. The summed E-state index contributed by atoms with van der Waals surface area (Å²) in [7, 11) is -1.96. The first-order valence-corrected chi connectivity index (χ1v) is 14.6. The summed E-state index contributed by atoms with van der Waals surface area (Å²) < 4.78 is 7.16. The largest absolute Gasteiger partial charge is 0.457 e. The number of nitrogens with zero attached hydrogens (tertiary/aromatic N) is 2. The van der Waals surface area contributed by atoms with Crippen LogP contribution in [0.4, 0.5) is 0 Å². The fraction of sp³-hybridized carbons (Fsp3) is 0.370. The van der Waals surface area contributed by atoms with E-state index < -0.39 is 14.0 Å². The molecule has 2 aromatic heterocycles. The van der Waals surface area contributed by atoms with Crippen molar-refractivity contribution >= 4 is 35.7 Å². The van der Waals surface area contributed by atoms with Crippen LogP contribution < -0.4 is 10.7 Å². The summed E-state index contributed by atoms with van der Waals surface area (Å²) in [6.45, 7) is 14.3. The van der Waals surface area contributed by atoms with Crippen molar-refractivity contribution in [1.29, 1.82) is 0 Å². The number of pyridine rings is 2. The zero-order valence-electron chi connectivity index (χ0n) is 20.2. The van der Waals surface area contributed by atoms with Crippen LogP contribution in [-0.4, -0.2) is 23.6 Å². The maximum absolute atomic E-state index is 13.7. The van der Waals surface area contributed by atoms with E-state index in [0.29, 0.717) is 18.5 Å². The van der Waals surface area contributed by atoms with Gasteiger partial charge in [-0.1, -0.05) is 59.0 Å². The van der Waals surface area contributed by atoms with Crippen LogP contribution in [0.25, 0.3) is 27.9 Å². The number of ether oxygens (including phenoxy) is 1. The number of aromatic nitrogens is 2. The van der Waals surface area contributed by atoms with E-state index in [1.54, 1.807) is 0 Å². The third-order valence-corrected chi connectivity index (χ3v) is 13.4. The molecule has 4 heterocycles. The number of fused-ring (bicyclic) bond motifs is 5. The molecule has 0 saturated heterocycles. The van der Waals surface area contributed by atoms with Gasteiger partial charge in [-0.3, -0.25) is 4.79 Å².